The van der Waals surface area contributed by atoms with E-state index in [0.717, 1.165) is 17.9 Å². The third-order valence-corrected chi connectivity index (χ3v) is 2.95. The minimum absolute atomic E-state index is 0.486. The van der Waals surface area contributed by atoms with E-state index in [-0.39, 0.29) is 0 Å². The number of anilines is 1. The number of aromatic nitrogens is 1. The first-order chi connectivity index (χ1) is 8.58. The molecular weight excluding hydrogens is 222 g/mol. The monoisotopic (exact) mass is 243 g/mol. The summed E-state index contributed by atoms with van der Waals surface area (Å²) < 4.78 is 0. The van der Waals surface area contributed by atoms with Gasteiger partial charge < -0.3 is 10.2 Å². The van der Waals surface area contributed by atoms with Crippen LogP contribution in [0.25, 0.3) is 10.9 Å². The fraction of sp³-hybridized carbons (Fsp3) is 0.400. The zero-order valence-electron chi connectivity index (χ0n) is 11.6. The van der Waals surface area contributed by atoms with Gasteiger partial charge in [-0.2, -0.15) is 0 Å². The van der Waals surface area contributed by atoms with E-state index in [0.29, 0.717) is 6.04 Å². The van der Waals surface area contributed by atoms with Crippen LogP contribution in [-0.4, -0.2) is 25.1 Å². The number of fused-ring (bicyclic) bond motifs is 1. The van der Waals surface area contributed by atoms with Gasteiger partial charge in [-0.1, -0.05) is 32.0 Å². The van der Waals surface area contributed by atoms with Crippen LogP contribution in [0.15, 0.2) is 30.3 Å². The molecule has 1 aromatic heterocycles. The van der Waals surface area contributed by atoms with Crippen LogP contribution in [-0.2, 0) is 6.54 Å². The zero-order valence-corrected chi connectivity index (χ0v) is 11.6. The average molecular weight is 243 g/mol. The van der Waals surface area contributed by atoms with Gasteiger partial charge in [-0.3, -0.25) is 0 Å². The summed E-state index contributed by atoms with van der Waals surface area (Å²) in [7, 11) is 4.05. The van der Waals surface area contributed by atoms with E-state index in [4.69, 9.17) is 0 Å². The van der Waals surface area contributed by atoms with Gasteiger partial charge in [0.2, 0.25) is 0 Å². The first-order valence-corrected chi connectivity index (χ1v) is 6.37. The summed E-state index contributed by atoms with van der Waals surface area (Å²) in [6.07, 6.45) is 0. The van der Waals surface area contributed by atoms with Crippen LogP contribution in [0, 0.1) is 0 Å². The molecule has 0 radical (unpaired) electrons. The smallest absolute Gasteiger partial charge is 0.129 e. The number of hydrogen-bond acceptors (Lipinski definition) is 3. The standard InChI is InChI=1S/C15H21N3/c1-11(2)16-10-12-9-15(18(3)4)17-14-8-6-5-7-13(12)14/h5-9,11,16H,10H2,1-4H3. The van der Waals surface area contributed by atoms with Gasteiger partial charge in [-0.05, 0) is 17.7 Å². The predicted molar refractivity (Wildman–Crippen MR) is 78.0 cm³/mol. The van der Waals surface area contributed by atoms with E-state index in [9.17, 15) is 0 Å². The molecule has 0 fully saturated rings. The molecule has 96 valence electrons. The van der Waals surface area contributed by atoms with E-state index in [1.54, 1.807) is 0 Å². The Hall–Kier alpha value is -1.61. The SMILES string of the molecule is CC(C)NCc1cc(N(C)C)nc2ccccc12. The number of rotatable bonds is 4. The number of pyridine rings is 1. The van der Waals surface area contributed by atoms with Gasteiger partial charge in [0.1, 0.15) is 5.82 Å². The molecule has 1 aromatic carbocycles. The molecule has 0 aliphatic carbocycles. The molecule has 2 aromatic rings. The highest BCUT2D eigenvalue weighted by Gasteiger charge is 2.07. The van der Waals surface area contributed by atoms with Gasteiger partial charge in [0, 0.05) is 32.1 Å². The second-order valence-corrected chi connectivity index (χ2v) is 5.09. The maximum absolute atomic E-state index is 4.66. The lowest BCUT2D eigenvalue weighted by Gasteiger charge is -2.16. The Morgan fingerprint density at radius 1 is 1.22 bits per heavy atom. The quantitative estimate of drug-likeness (QED) is 0.895. The largest absolute Gasteiger partial charge is 0.363 e. The molecule has 0 amide bonds. The summed E-state index contributed by atoms with van der Waals surface area (Å²) in [4.78, 5) is 6.71. The van der Waals surface area contributed by atoms with Crippen LogP contribution in [0.5, 0.6) is 0 Å². The van der Waals surface area contributed by atoms with Gasteiger partial charge in [0.15, 0.2) is 0 Å². The zero-order chi connectivity index (χ0) is 13.1. The summed E-state index contributed by atoms with van der Waals surface area (Å²) in [5.41, 5.74) is 2.36. The number of hydrogen-bond donors (Lipinski definition) is 1. The third-order valence-electron chi connectivity index (χ3n) is 2.95. The molecule has 3 nitrogen and oxygen atoms in total. The molecule has 1 N–H and O–H groups in total. The molecule has 0 aliphatic rings. The predicted octanol–water partition coefficient (Wildman–Crippen LogP) is 2.80. The summed E-state index contributed by atoms with van der Waals surface area (Å²) in [5.74, 6) is 1.01. The fourth-order valence-electron chi connectivity index (χ4n) is 1.92. The highest BCUT2D eigenvalue weighted by atomic mass is 15.1. The summed E-state index contributed by atoms with van der Waals surface area (Å²) in [5, 5.41) is 4.71. The molecule has 18 heavy (non-hydrogen) atoms. The van der Waals surface area contributed by atoms with Crippen molar-refractivity contribution in [3.05, 3.63) is 35.9 Å². The topological polar surface area (TPSA) is 28.2 Å². The van der Waals surface area contributed by atoms with Gasteiger partial charge >= 0.3 is 0 Å². The molecule has 0 atom stereocenters. The number of nitrogens with one attached hydrogen (secondary N) is 1. The van der Waals surface area contributed by atoms with Crippen LogP contribution in [0.1, 0.15) is 19.4 Å². The van der Waals surface area contributed by atoms with Crippen molar-refractivity contribution in [3.8, 4) is 0 Å². The Balaban J connectivity index is 2.47. The Labute approximate surface area is 109 Å². The Morgan fingerprint density at radius 2 is 1.94 bits per heavy atom. The van der Waals surface area contributed by atoms with Gasteiger partial charge in [0.05, 0.1) is 5.52 Å². The molecular formula is C15H21N3. The molecule has 0 saturated carbocycles. The molecule has 0 spiro atoms. The lowest BCUT2D eigenvalue weighted by molar-refractivity contribution is 0.590. The summed E-state index contributed by atoms with van der Waals surface area (Å²) in [6, 6.07) is 11.0. The van der Waals surface area contributed by atoms with E-state index in [1.165, 1.54) is 10.9 Å². The first-order valence-electron chi connectivity index (χ1n) is 6.37. The van der Waals surface area contributed by atoms with Crippen molar-refractivity contribution in [3.63, 3.8) is 0 Å². The van der Waals surface area contributed by atoms with Gasteiger partial charge in [-0.25, -0.2) is 4.98 Å². The number of nitrogens with zero attached hydrogens (tertiary/aromatic N) is 2. The second-order valence-electron chi connectivity index (χ2n) is 5.09. The van der Waals surface area contributed by atoms with Crippen molar-refractivity contribution in [1.29, 1.82) is 0 Å². The lowest BCUT2D eigenvalue weighted by atomic mass is 10.1. The van der Waals surface area contributed by atoms with Crippen molar-refractivity contribution in [2.24, 2.45) is 0 Å². The normalized spacial score (nSPS) is 11.2. The molecule has 1 heterocycles. The second kappa shape index (κ2) is 5.36. The van der Waals surface area contributed by atoms with Crippen molar-refractivity contribution in [1.82, 2.24) is 10.3 Å². The number of para-hydroxylation sites is 1. The molecule has 3 heteroatoms. The molecule has 0 unspecified atom stereocenters. The molecule has 2 rings (SSSR count). The van der Waals surface area contributed by atoms with E-state index >= 15 is 0 Å². The molecule has 0 bridgehead atoms. The summed E-state index contributed by atoms with van der Waals surface area (Å²) in [6.45, 7) is 5.20. The fourth-order valence-corrected chi connectivity index (χ4v) is 1.92. The van der Waals surface area contributed by atoms with Crippen LogP contribution in [0.3, 0.4) is 0 Å². The minimum atomic E-state index is 0.486. The highest BCUT2D eigenvalue weighted by molar-refractivity contribution is 5.84. The van der Waals surface area contributed by atoms with Crippen LogP contribution >= 0.6 is 0 Å². The maximum Gasteiger partial charge on any atom is 0.129 e. The summed E-state index contributed by atoms with van der Waals surface area (Å²) >= 11 is 0. The van der Waals surface area contributed by atoms with E-state index in [1.807, 2.05) is 25.1 Å². The van der Waals surface area contributed by atoms with E-state index < -0.39 is 0 Å². The maximum atomic E-state index is 4.66. The van der Waals surface area contributed by atoms with Crippen LogP contribution in [0.2, 0.25) is 0 Å². The van der Waals surface area contributed by atoms with Crippen molar-refractivity contribution < 1.29 is 0 Å². The highest BCUT2D eigenvalue weighted by Crippen LogP contribution is 2.22. The molecule has 0 aliphatic heterocycles. The van der Waals surface area contributed by atoms with E-state index in [2.05, 4.69) is 48.4 Å². The van der Waals surface area contributed by atoms with Gasteiger partial charge in [-0.15, -0.1) is 0 Å². The van der Waals surface area contributed by atoms with Crippen molar-refractivity contribution >= 4 is 16.7 Å². The Kier molecular flexibility index (Phi) is 3.82. The average Bonchev–Trinajstić information content (AvgIpc) is 2.35. The molecule has 0 saturated heterocycles. The van der Waals surface area contributed by atoms with Gasteiger partial charge in [0.25, 0.3) is 0 Å². The minimum Gasteiger partial charge on any atom is -0.363 e. The Bertz CT molecular complexity index is 532. The lowest BCUT2D eigenvalue weighted by Crippen LogP contribution is -2.22. The number of benzene rings is 1. The van der Waals surface area contributed by atoms with Crippen molar-refractivity contribution in [2.45, 2.75) is 26.4 Å². The third kappa shape index (κ3) is 2.79. The van der Waals surface area contributed by atoms with Crippen LogP contribution in [0.4, 0.5) is 5.82 Å². The van der Waals surface area contributed by atoms with Crippen molar-refractivity contribution in [2.75, 3.05) is 19.0 Å². The first kappa shape index (κ1) is 12.8. The van der Waals surface area contributed by atoms with Crippen LogP contribution < -0.4 is 10.2 Å². The Morgan fingerprint density at radius 3 is 2.61 bits per heavy atom.